The molecule has 0 saturated carbocycles. The molecule has 1 unspecified atom stereocenters. The number of hydrogen-bond donors (Lipinski definition) is 1. The van der Waals surface area contributed by atoms with Crippen molar-refractivity contribution in [2.24, 2.45) is 0 Å². The Balaban J connectivity index is 1.57. The van der Waals surface area contributed by atoms with Crippen molar-refractivity contribution in [2.75, 3.05) is 14.2 Å². The molecule has 182 valence electrons. The van der Waals surface area contributed by atoms with Gasteiger partial charge in [-0.05, 0) is 42.3 Å². The molecule has 4 aromatic rings. The van der Waals surface area contributed by atoms with E-state index in [-0.39, 0.29) is 6.03 Å². The molecule has 0 saturated heterocycles. The first kappa shape index (κ1) is 23.2. The summed E-state index contributed by atoms with van der Waals surface area (Å²) in [6, 6.07) is 24.1. The number of amides is 2. The van der Waals surface area contributed by atoms with Gasteiger partial charge in [0.25, 0.3) is 5.89 Å². The van der Waals surface area contributed by atoms with Gasteiger partial charge in [-0.3, -0.25) is 4.90 Å². The molecule has 2 amide bonds. The zero-order valence-electron chi connectivity index (χ0n) is 20.3. The Labute approximate surface area is 209 Å². The maximum absolute atomic E-state index is 13.3. The van der Waals surface area contributed by atoms with Gasteiger partial charge in [-0.25, -0.2) is 4.79 Å². The molecule has 1 aliphatic rings. The Kier molecular flexibility index (Phi) is 6.40. The van der Waals surface area contributed by atoms with E-state index in [4.69, 9.17) is 19.0 Å². The maximum Gasteiger partial charge on any atom is 0.322 e. The van der Waals surface area contributed by atoms with Crippen LogP contribution in [0.4, 0.5) is 4.79 Å². The van der Waals surface area contributed by atoms with Crippen LogP contribution >= 0.6 is 0 Å². The van der Waals surface area contributed by atoms with Crippen LogP contribution in [-0.2, 0) is 6.54 Å². The van der Waals surface area contributed by atoms with Crippen LogP contribution < -0.4 is 14.8 Å². The van der Waals surface area contributed by atoms with Crippen molar-refractivity contribution in [1.82, 2.24) is 20.4 Å². The second-order valence-corrected chi connectivity index (χ2v) is 8.38. The fourth-order valence-electron chi connectivity index (χ4n) is 4.25. The average Bonchev–Trinajstić information content (AvgIpc) is 3.41. The number of aromatic nitrogens is 2. The van der Waals surface area contributed by atoms with Gasteiger partial charge in [0.1, 0.15) is 11.5 Å². The number of methoxy groups -OCH3 is 2. The summed E-state index contributed by atoms with van der Waals surface area (Å²) in [5, 5.41) is 7.34. The molecule has 0 aliphatic carbocycles. The molecular formula is C28H26N4O4. The number of benzene rings is 3. The van der Waals surface area contributed by atoms with Crippen LogP contribution in [0.5, 0.6) is 11.5 Å². The Morgan fingerprint density at radius 1 is 0.917 bits per heavy atom. The first-order valence-electron chi connectivity index (χ1n) is 11.5. The highest BCUT2D eigenvalue weighted by Crippen LogP contribution is 2.38. The van der Waals surface area contributed by atoms with E-state index in [0.717, 1.165) is 39.5 Å². The smallest absolute Gasteiger partial charge is 0.322 e. The molecule has 3 aromatic carbocycles. The topological polar surface area (TPSA) is 89.7 Å². The van der Waals surface area contributed by atoms with Crippen LogP contribution in [0.3, 0.4) is 0 Å². The number of hydrogen-bond acceptors (Lipinski definition) is 6. The molecule has 1 N–H and O–H groups in total. The lowest BCUT2D eigenvalue weighted by molar-refractivity contribution is 0.203. The van der Waals surface area contributed by atoms with Crippen molar-refractivity contribution >= 4 is 11.6 Å². The van der Waals surface area contributed by atoms with Gasteiger partial charge < -0.3 is 19.3 Å². The van der Waals surface area contributed by atoms with Gasteiger partial charge in [0.15, 0.2) is 0 Å². The molecule has 0 radical (unpaired) electrons. The molecule has 0 spiro atoms. The Bertz CT molecular complexity index is 1380. The van der Waals surface area contributed by atoms with E-state index in [1.165, 1.54) is 0 Å². The van der Waals surface area contributed by atoms with Gasteiger partial charge in [-0.1, -0.05) is 59.8 Å². The van der Waals surface area contributed by atoms with Crippen LogP contribution in [0, 0.1) is 0 Å². The molecule has 2 heterocycles. The zero-order valence-corrected chi connectivity index (χ0v) is 20.3. The minimum atomic E-state index is -0.473. The second-order valence-electron chi connectivity index (χ2n) is 8.38. The predicted octanol–water partition coefficient (Wildman–Crippen LogP) is 5.45. The third kappa shape index (κ3) is 4.53. The zero-order chi connectivity index (χ0) is 25.1. The van der Waals surface area contributed by atoms with E-state index in [2.05, 4.69) is 10.5 Å². The summed E-state index contributed by atoms with van der Waals surface area (Å²) in [6.07, 6.45) is 0. The van der Waals surface area contributed by atoms with E-state index >= 15 is 0 Å². The number of carbonyl (C=O) groups is 1. The third-order valence-corrected chi connectivity index (χ3v) is 6.23. The number of nitrogens with zero attached hydrogens (tertiary/aromatic N) is 3. The van der Waals surface area contributed by atoms with E-state index in [9.17, 15) is 4.79 Å². The first-order chi connectivity index (χ1) is 17.6. The van der Waals surface area contributed by atoms with Crippen LogP contribution in [0.2, 0.25) is 0 Å². The number of urea groups is 1. The van der Waals surface area contributed by atoms with Gasteiger partial charge in [-0.15, -0.1) is 0 Å². The lowest BCUT2D eigenvalue weighted by Crippen LogP contribution is -2.45. The Morgan fingerprint density at radius 3 is 2.19 bits per heavy atom. The molecule has 0 bridgehead atoms. The summed E-state index contributed by atoms with van der Waals surface area (Å²) in [6.45, 7) is 2.28. The molecule has 36 heavy (non-hydrogen) atoms. The van der Waals surface area contributed by atoms with Crippen LogP contribution in [0.1, 0.15) is 30.0 Å². The highest BCUT2D eigenvalue weighted by Gasteiger charge is 2.35. The molecular weight excluding hydrogens is 456 g/mol. The second kappa shape index (κ2) is 9.95. The minimum Gasteiger partial charge on any atom is -0.497 e. The summed E-state index contributed by atoms with van der Waals surface area (Å²) in [7, 11) is 3.24. The van der Waals surface area contributed by atoms with Crippen molar-refractivity contribution in [3.63, 3.8) is 0 Å². The summed E-state index contributed by atoms with van der Waals surface area (Å²) < 4.78 is 16.3. The summed E-state index contributed by atoms with van der Waals surface area (Å²) in [4.78, 5) is 19.7. The fraction of sp³-hybridized carbons (Fsp3) is 0.179. The molecule has 0 fully saturated rings. The largest absolute Gasteiger partial charge is 0.497 e. The number of ether oxygens (including phenoxy) is 2. The van der Waals surface area contributed by atoms with Gasteiger partial charge >= 0.3 is 6.03 Å². The molecule has 1 aromatic heterocycles. The molecule has 5 rings (SSSR count). The van der Waals surface area contributed by atoms with Crippen molar-refractivity contribution in [2.45, 2.75) is 19.5 Å². The number of nitrogens with one attached hydrogen (secondary N) is 1. The average molecular weight is 483 g/mol. The lowest BCUT2D eigenvalue weighted by Gasteiger charge is -2.35. The highest BCUT2D eigenvalue weighted by atomic mass is 16.5. The van der Waals surface area contributed by atoms with E-state index < -0.39 is 6.04 Å². The third-order valence-electron chi connectivity index (χ3n) is 6.23. The standard InChI is InChI=1S/C28H26N4O4/c1-18-24(27-30-26(31-36-27)21-7-5-4-6-8-21)25(20-11-15-23(35-3)16-12-20)29-28(33)32(18)17-19-9-13-22(34-2)14-10-19/h4-16,25H,17H2,1-3H3,(H,29,33). The van der Waals surface area contributed by atoms with E-state index in [0.29, 0.717) is 18.3 Å². The number of allylic oxidation sites excluding steroid dienone is 1. The number of rotatable bonds is 7. The SMILES string of the molecule is COc1ccc(CN2C(=O)NC(c3ccc(OC)cc3)C(c3nc(-c4ccccc4)no3)=C2C)cc1. The molecule has 8 nitrogen and oxygen atoms in total. The van der Waals surface area contributed by atoms with Crippen LogP contribution in [-0.4, -0.2) is 35.3 Å². The Hall–Kier alpha value is -4.59. The van der Waals surface area contributed by atoms with Crippen molar-refractivity contribution in [3.8, 4) is 22.9 Å². The molecule has 1 aliphatic heterocycles. The maximum atomic E-state index is 13.3. The summed E-state index contributed by atoms with van der Waals surface area (Å²) in [5.41, 5.74) is 4.16. The monoisotopic (exact) mass is 482 g/mol. The van der Waals surface area contributed by atoms with Crippen LogP contribution in [0.15, 0.2) is 89.1 Å². The predicted molar refractivity (Wildman–Crippen MR) is 135 cm³/mol. The summed E-state index contributed by atoms with van der Waals surface area (Å²) in [5.74, 6) is 2.33. The lowest BCUT2D eigenvalue weighted by atomic mass is 9.94. The van der Waals surface area contributed by atoms with Crippen molar-refractivity contribution < 1.29 is 18.8 Å². The quantitative estimate of drug-likeness (QED) is 0.377. The van der Waals surface area contributed by atoms with Gasteiger partial charge in [0.2, 0.25) is 5.82 Å². The summed E-state index contributed by atoms with van der Waals surface area (Å²) >= 11 is 0. The van der Waals surface area contributed by atoms with E-state index in [1.807, 2.05) is 85.8 Å². The highest BCUT2D eigenvalue weighted by molar-refractivity contribution is 5.87. The number of carbonyl (C=O) groups excluding carboxylic acids is 1. The molecule has 8 heteroatoms. The van der Waals surface area contributed by atoms with Gasteiger partial charge in [-0.2, -0.15) is 4.98 Å². The Morgan fingerprint density at radius 2 is 1.56 bits per heavy atom. The molecule has 1 atom stereocenters. The normalized spacial score (nSPS) is 15.6. The van der Waals surface area contributed by atoms with Crippen molar-refractivity contribution in [3.05, 3.63) is 102 Å². The van der Waals surface area contributed by atoms with Gasteiger partial charge in [0, 0.05) is 11.3 Å². The van der Waals surface area contributed by atoms with Gasteiger partial charge in [0.05, 0.1) is 32.4 Å². The fourth-order valence-corrected chi connectivity index (χ4v) is 4.25. The minimum absolute atomic E-state index is 0.212. The van der Waals surface area contributed by atoms with Crippen LogP contribution in [0.25, 0.3) is 17.0 Å². The first-order valence-corrected chi connectivity index (χ1v) is 11.5. The van der Waals surface area contributed by atoms with E-state index in [1.54, 1.807) is 19.1 Å². The van der Waals surface area contributed by atoms with Crippen molar-refractivity contribution in [1.29, 1.82) is 0 Å².